The summed E-state index contributed by atoms with van der Waals surface area (Å²) in [6.07, 6.45) is 1.91. The van der Waals surface area contributed by atoms with Crippen molar-refractivity contribution in [2.45, 2.75) is 50.5 Å². The molecule has 1 fully saturated rings. The highest BCUT2D eigenvalue weighted by molar-refractivity contribution is 8.04. The van der Waals surface area contributed by atoms with Crippen LogP contribution in [0.15, 0.2) is 11.0 Å². The SMILES string of the molecule is CC(C)(C)OC(=O)NC1(C(=O)O)CC(C2CC2)=CS1. The summed E-state index contributed by atoms with van der Waals surface area (Å²) in [5.74, 6) is -0.524. The van der Waals surface area contributed by atoms with E-state index in [2.05, 4.69) is 5.32 Å². The summed E-state index contributed by atoms with van der Waals surface area (Å²) in [6.45, 7) is 5.24. The first-order valence-corrected chi connectivity index (χ1v) is 7.21. The maximum Gasteiger partial charge on any atom is 0.409 e. The van der Waals surface area contributed by atoms with Gasteiger partial charge >= 0.3 is 12.1 Å². The van der Waals surface area contributed by atoms with Crippen LogP contribution in [0.4, 0.5) is 4.79 Å². The Bertz CT molecular complexity index is 436. The highest BCUT2D eigenvalue weighted by atomic mass is 32.2. The summed E-state index contributed by atoms with van der Waals surface area (Å²) in [6, 6.07) is 0. The van der Waals surface area contributed by atoms with Gasteiger partial charge in [0.15, 0.2) is 4.87 Å². The molecule has 0 radical (unpaired) electrons. The summed E-state index contributed by atoms with van der Waals surface area (Å²) in [4.78, 5) is 22.0. The molecule has 1 atom stereocenters. The Kier molecular flexibility index (Phi) is 3.55. The van der Waals surface area contributed by atoms with Crippen LogP contribution in [-0.4, -0.2) is 27.6 Å². The maximum atomic E-state index is 11.8. The third kappa shape index (κ3) is 3.43. The number of nitrogens with one attached hydrogen (secondary N) is 1. The Morgan fingerprint density at radius 1 is 1.47 bits per heavy atom. The number of carboxylic acid groups (broad SMARTS) is 1. The normalized spacial score (nSPS) is 26.8. The number of rotatable bonds is 3. The van der Waals surface area contributed by atoms with E-state index in [-0.39, 0.29) is 0 Å². The fourth-order valence-corrected chi connectivity index (χ4v) is 3.08. The highest BCUT2D eigenvalue weighted by Gasteiger charge is 2.48. The fraction of sp³-hybridized carbons (Fsp3) is 0.692. The number of aliphatic carboxylic acids is 1. The van der Waals surface area contributed by atoms with Gasteiger partial charge in [0, 0.05) is 6.42 Å². The second-order valence-corrected chi connectivity index (χ2v) is 7.19. The van der Waals surface area contributed by atoms with Crippen LogP contribution in [-0.2, 0) is 9.53 Å². The topological polar surface area (TPSA) is 75.6 Å². The monoisotopic (exact) mass is 285 g/mol. The molecule has 19 heavy (non-hydrogen) atoms. The molecule has 2 N–H and O–H groups in total. The number of carbonyl (C=O) groups is 2. The Labute approximate surface area is 116 Å². The third-order valence-electron chi connectivity index (χ3n) is 3.01. The molecule has 1 unspecified atom stereocenters. The van der Waals surface area contributed by atoms with Crippen molar-refractivity contribution in [1.29, 1.82) is 0 Å². The van der Waals surface area contributed by atoms with E-state index in [1.165, 1.54) is 0 Å². The van der Waals surface area contributed by atoms with E-state index in [1.807, 2.05) is 5.41 Å². The molecule has 0 aromatic heterocycles. The molecule has 1 amide bonds. The van der Waals surface area contributed by atoms with Gasteiger partial charge in [-0.1, -0.05) is 17.3 Å². The molecule has 1 aliphatic heterocycles. The van der Waals surface area contributed by atoms with Crippen molar-refractivity contribution in [2.75, 3.05) is 0 Å². The molecule has 0 aromatic rings. The van der Waals surface area contributed by atoms with Gasteiger partial charge in [-0.2, -0.15) is 0 Å². The number of amides is 1. The van der Waals surface area contributed by atoms with Crippen molar-refractivity contribution >= 4 is 23.8 Å². The van der Waals surface area contributed by atoms with Crippen LogP contribution in [0.25, 0.3) is 0 Å². The fourth-order valence-electron chi connectivity index (χ4n) is 1.96. The van der Waals surface area contributed by atoms with Crippen molar-refractivity contribution in [3.63, 3.8) is 0 Å². The van der Waals surface area contributed by atoms with Crippen molar-refractivity contribution in [3.05, 3.63) is 11.0 Å². The van der Waals surface area contributed by atoms with Crippen LogP contribution >= 0.6 is 11.8 Å². The Balaban J connectivity index is 2.02. The predicted octanol–water partition coefficient (Wildman–Crippen LogP) is 2.72. The van der Waals surface area contributed by atoms with E-state index in [0.29, 0.717) is 12.3 Å². The second kappa shape index (κ2) is 4.74. The Hall–Kier alpha value is -1.17. The Morgan fingerprint density at radius 3 is 2.58 bits per heavy atom. The van der Waals surface area contributed by atoms with Gasteiger partial charge in [-0.25, -0.2) is 9.59 Å². The van der Waals surface area contributed by atoms with E-state index in [9.17, 15) is 14.7 Å². The minimum atomic E-state index is -1.31. The number of thioether (sulfide) groups is 1. The lowest BCUT2D eigenvalue weighted by Gasteiger charge is -2.27. The van der Waals surface area contributed by atoms with Gasteiger partial charge in [-0.15, -0.1) is 0 Å². The summed E-state index contributed by atoms with van der Waals surface area (Å²) in [5.41, 5.74) is 0.489. The number of alkyl carbamates (subject to hydrolysis) is 1. The van der Waals surface area contributed by atoms with Gasteiger partial charge in [0.05, 0.1) is 0 Å². The van der Waals surface area contributed by atoms with Gasteiger partial charge in [0.1, 0.15) is 5.60 Å². The number of carboxylic acids is 1. The zero-order valence-electron chi connectivity index (χ0n) is 11.4. The average Bonchev–Trinajstić information content (AvgIpc) is 2.98. The van der Waals surface area contributed by atoms with Crippen molar-refractivity contribution < 1.29 is 19.4 Å². The summed E-state index contributed by atoms with van der Waals surface area (Å²) in [5, 5.41) is 13.8. The van der Waals surface area contributed by atoms with Crippen molar-refractivity contribution in [3.8, 4) is 0 Å². The first-order chi connectivity index (χ1) is 8.72. The molecule has 5 nitrogen and oxygen atoms in total. The average molecular weight is 285 g/mol. The van der Waals surface area contributed by atoms with E-state index >= 15 is 0 Å². The van der Waals surface area contributed by atoms with E-state index < -0.39 is 22.5 Å². The van der Waals surface area contributed by atoms with Crippen LogP contribution in [0, 0.1) is 5.92 Å². The lowest BCUT2D eigenvalue weighted by Crippen LogP contribution is -2.52. The predicted molar refractivity (Wildman–Crippen MR) is 72.8 cm³/mol. The number of hydrogen-bond donors (Lipinski definition) is 2. The molecule has 1 heterocycles. The lowest BCUT2D eigenvalue weighted by atomic mass is 10.0. The molecule has 0 spiro atoms. The summed E-state index contributed by atoms with van der Waals surface area (Å²) >= 11 is 1.16. The molecule has 0 bridgehead atoms. The van der Waals surface area contributed by atoms with Gasteiger partial charge in [0.25, 0.3) is 0 Å². The molecule has 106 valence electrons. The zero-order valence-corrected chi connectivity index (χ0v) is 12.2. The molecule has 6 heteroatoms. The number of carbonyl (C=O) groups excluding carboxylic acids is 1. The van der Waals surface area contributed by atoms with Crippen LogP contribution in [0.5, 0.6) is 0 Å². The standard InChI is InChI=1S/C13H19NO4S/c1-12(2,3)18-11(17)14-13(10(15)16)6-9(7-19-13)8-4-5-8/h7-8H,4-6H2,1-3H3,(H,14,17)(H,15,16). The molecule has 1 aliphatic carbocycles. The van der Waals surface area contributed by atoms with E-state index in [4.69, 9.17) is 4.74 Å². The lowest BCUT2D eigenvalue weighted by molar-refractivity contribution is -0.140. The van der Waals surface area contributed by atoms with Gasteiger partial charge < -0.3 is 9.84 Å². The smallest absolute Gasteiger partial charge is 0.409 e. The molecule has 2 rings (SSSR count). The minimum Gasteiger partial charge on any atom is -0.479 e. The van der Waals surface area contributed by atoms with Crippen LogP contribution in [0.2, 0.25) is 0 Å². The quantitative estimate of drug-likeness (QED) is 0.834. The summed E-state index contributed by atoms with van der Waals surface area (Å²) < 4.78 is 5.14. The van der Waals surface area contributed by atoms with E-state index in [1.54, 1.807) is 20.8 Å². The zero-order chi connectivity index (χ0) is 14.3. The highest BCUT2D eigenvalue weighted by Crippen LogP contribution is 2.48. The third-order valence-corrected chi connectivity index (χ3v) is 4.26. The summed E-state index contributed by atoms with van der Waals surface area (Å²) in [7, 11) is 0. The largest absolute Gasteiger partial charge is 0.479 e. The van der Waals surface area contributed by atoms with Gasteiger partial charge in [0.2, 0.25) is 0 Å². The molecule has 1 saturated carbocycles. The first kappa shape index (κ1) is 14.2. The second-order valence-electron chi connectivity index (χ2n) is 6.02. The number of hydrogen-bond acceptors (Lipinski definition) is 4. The van der Waals surface area contributed by atoms with Gasteiger partial charge in [-0.3, -0.25) is 5.32 Å². The van der Waals surface area contributed by atoms with Crippen LogP contribution in [0.1, 0.15) is 40.0 Å². The first-order valence-electron chi connectivity index (χ1n) is 6.33. The van der Waals surface area contributed by atoms with Crippen LogP contribution < -0.4 is 5.32 Å². The maximum absolute atomic E-state index is 11.8. The van der Waals surface area contributed by atoms with Gasteiger partial charge in [-0.05, 0) is 44.9 Å². The van der Waals surface area contributed by atoms with Crippen LogP contribution in [0.3, 0.4) is 0 Å². The van der Waals surface area contributed by atoms with E-state index in [0.717, 1.165) is 30.2 Å². The van der Waals surface area contributed by atoms with Crippen molar-refractivity contribution in [2.24, 2.45) is 5.92 Å². The molecule has 0 aromatic carbocycles. The Morgan fingerprint density at radius 2 is 2.11 bits per heavy atom. The van der Waals surface area contributed by atoms with Crippen molar-refractivity contribution in [1.82, 2.24) is 5.32 Å². The molecule has 2 aliphatic rings. The molecular formula is C13H19NO4S. The molecular weight excluding hydrogens is 266 g/mol. The number of ether oxygens (including phenoxy) is 1. The minimum absolute atomic E-state index is 0.358. The molecule has 0 saturated heterocycles.